The predicted octanol–water partition coefficient (Wildman–Crippen LogP) is 3.83. The van der Waals surface area contributed by atoms with Crippen LogP contribution in [0.2, 0.25) is 10.2 Å². The van der Waals surface area contributed by atoms with Crippen LogP contribution >= 0.6 is 23.2 Å². The maximum Gasteiger partial charge on any atom is 0.199 e. The highest BCUT2D eigenvalue weighted by atomic mass is 35.5. The molecule has 0 radical (unpaired) electrons. The predicted molar refractivity (Wildman–Crippen MR) is 76.9 cm³/mol. The van der Waals surface area contributed by atoms with Gasteiger partial charge in [-0.3, -0.25) is 0 Å². The van der Waals surface area contributed by atoms with Gasteiger partial charge in [0.2, 0.25) is 0 Å². The van der Waals surface area contributed by atoms with Gasteiger partial charge >= 0.3 is 0 Å². The van der Waals surface area contributed by atoms with Crippen LogP contribution in [0.25, 0.3) is 6.08 Å². The standard InChI is InChI=1S/C13H9Cl2NO2S/c14-10-3-1-5-12(9-10)19(17,18)8-7-11-4-2-6-13(15)16-11/h1-9H/b8-7+. The smallest absolute Gasteiger partial charge is 0.199 e. The van der Waals surface area contributed by atoms with E-state index < -0.39 is 9.84 Å². The normalized spacial score (nSPS) is 11.9. The van der Waals surface area contributed by atoms with Gasteiger partial charge in [0.1, 0.15) is 5.15 Å². The van der Waals surface area contributed by atoms with Crippen LogP contribution in [0.5, 0.6) is 0 Å². The Morgan fingerprint density at radius 2 is 1.79 bits per heavy atom. The van der Waals surface area contributed by atoms with Crippen LogP contribution in [0.4, 0.5) is 0 Å². The SMILES string of the molecule is O=S(=O)(/C=C/c1cccc(Cl)n1)c1cccc(Cl)c1. The molecule has 0 unspecified atom stereocenters. The molecule has 0 saturated heterocycles. The number of pyridine rings is 1. The quantitative estimate of drug-likeness (QED) is 0.809. The minimum Gasteiger partial charge on any atom is -0.237 e. The number of sulfone groups is 1. The first-order chi connectivity index (χ1) is 8.97. The lowest BCUT2D eigenvalue weighted by atomic mass is 10.3. The molecule has 0 aliphatic heterocycles. The van der Waals surface area contributed by atoms with Crippen LogP contribution in [0.15, 0.2) is 52.8 Å². The first-order valence-electron chi connectivity index (χ1n) is 5.29. The molecule has 1 heterocycles. The van der Waals surface area contributed by atoms with E-state index in [1.165, 1.54) is 18.2 Å². The maximum absolute atomic E-state index is 12.0. The highest BCUT2D eigenvalue weighted by Gasteiger charge is 2.10. The highest BCUT2D eigenvalue weighted by Crippen LogP contribution is 2.18. The molecular weight excluding hydrogens is 305 g/mol. The van der Waals surface area contributed by atoms with Gasteiger partial charge in [0.25, 0.3) is 0 Å². The Kier molecular flexibility index (Phi) is 4.24. The van der Waals surface area contributed by atoms with Crippen molar-refractivity contribution in [2.75, 3.05) is 0 Å². The molecule has 0 amide bonds. The van der Waals surface area contributed by atoms with Crippen LogP contribution in [0, 0.1) is 0 Å². The Labute approximate surface area is 121 Å². The molecule has 98 valence electrons. The minimum atomic E-state index is -3.54. The number of aromatic nitrogens is 1. The molecule has 0 aliphatic carbocycles. The summed E-state index contributed by atoms with van der Waals surface area (Å²) in [6, 6.07) is 11.0. The fourth-order valence-electron chi connectivity index (χ4n) is 1.40. The Morgan fingerprint density at radius 1 is 1.05 bits per heavy atom. The summed E-state index contributed by atoms with van der Waals surface area (Å²) in [5, 5.41) is 1.76. The van der Waals surface area contributed by atoms with E-state index in [9.17, 15) is 8.42 Å². The average molecular weight is 314 g/mol. The van der Waals surface area contributed by atoms with Crippen LogP contribution in [-0.4, -0.2) is 13.4 Å². The van der Waals surface area contributed by atoms with Crippen LogP contribution in [-0.2, 0) is 9.84 Å². The summed E-state index contributed by atoms with van der Waals surface area (Å²) in [5.74, 6) is 0. The number of hydrogen-bond acceptors (Lipinski definition) is 3. The van der Waals surface area contributed by atoms with E-state index >= 15 is 0 Å². The van der Waals surface area contributed by atoms with E-state index in [0.717, 1.165) is 5.41 Å². The Balaban J connectivity index is 2.32. The van der Waals surface area contributed by atoms with Gasteiger partial charge in [-0.1, -0.05) is 35.3 Å². The van der Waals surface area contributed by atoms with Gasteiger partial charge in [-0.15, -0.1) is 0 Å². The second-order valence-corrected chi connectivity index (χ2v) is 6.35. The van der Waals surface area contributed by atoms with Crippen molar-refractivity contribution in [3.05, 3.63) is 63.7 Å². The largest absolute Gasteiger partial charge is 0.237 e. The second kappa shape index (κ2) is 5.74. The van der Waals surface area contributed by atoms with Crippen molar-refractivity contribution >= 4 is 39.1 Å². The van der Waals surface area contributed by atoms with Crippen LogP contribution in [0.3, 0.4) is 0 Å². The van der Waals surface area contributed by atoms with Gasteiger partial charge in [-0.2, -0.15) is 0 Å². The number of rotatable bonds is 3. The second-order valence-electron chi connectivity index (χ2n) is 3.69. The van der Waals surface area contributed by atoms with Crippen molar-refractivity contribution in [2.45, 2.75) is 4.90 Å². The van der Waals surface area contributed by atoms with E-state index in [1.807, 2.05) is 0 Å². The van der Waals surface area contributed by atoms with Gasteiger partial charge in [0.05, 0.1) is 10.6 Å². The summed E-state index contributed by atoms with van der Waals surface area (Å²) in [6.07, 6.45) is 1.39. The molecule has 2 aromatic rings. The summed E-state index contributed by atoms with van der Waals surface area (Å²) in [7, 11) is -3.54. The molecule has 0 atom stereocenters. The molecule has 6 heteroatoms. The summed E-state index contributed by atoms with van der Waals surface area (Å²) >= 11 is 11.5. The van der Waals surface area contributed by atoms with E-state index in [0.29, 0.717) is 15.9 Å². The monoisotopic (exact) mass is 313 g/mol. The molecule has 0 aliphatic rings. The van der Waals surface area contributed by atoms with E-state index in [2.05, 4.69) is 4.98 Å². The molecule has 19 heavy (non-hydrogen) atoms. The number of nitrogens with zero attached hydrogens (tertiary/aromatic N) is 1. The zero-order chi connectivity index (χ0) is 13.9. The first kappa shape index (κ1) is 14.1. The van der Waals surface area contributed by atoms with Crippen molar-refractivity contribution < 1.29 is 8.42 Å². The van der Waals surface area contributed by atoms with Crippen molar-refractivity contribution in [2.24, 2.45) is 0 Å². The zero-order valence-electron chi connectivity index (χ0n) is 9.62. The number of halogens is 2. The first-order valence-corrected chi connectivity index (χ1v) is 7.59. The van der Waals surface area contributed by atoms with Crippen molar-refractivity contribution in [1.82, 2.24) is 4.98 Å². The molecule has 0 saturated carbocycles. The summed E-state index contributed by atoms with van der Waals surface area (Å²) in [4.78, 5) is 4.11. The van der Waals surface area contributed by atoms with Crippen molar-refractivity contribution in [1.29, 1.82) is 0 Å². The van der Waals surface area contributed by atoms with Gasteiger partial charge in [0.15, 0.2) is 9.84 Å². The van der Waals surface area contributed by atoms with Gasteiger partial charge in [0, 0.05) is 10.4 Å². The number of hydrogen-bond donors (Lipinski definition) is 0. The van der Waals surface area contributed by atoms with Crippen molar-refractivity contribution in [3.63, 3.8) is 0 Å². The third kappa shape index (κ3) is 3.80. The van der Waals surface area contributed by atoms with E-state index in [-0.39, 0.29) is 4.90 Å². The summed E-state index contributed by atoms with van der Waals surface area (Å²) in [6.45, 7) is 0. The van der Waals surface area contributed by atoms with Gasteiger partial charge < -0.3 is 0 Å². The third-order valence-electron chi connectivity index (χ3n) is 2.28. The van der Waals surface area contributed by atoms with Gasteiger partial charge in [-0.25, -0.2) is 13.4 Å². The molecular formula is C13H9Cl2NO2S. The summed E-state index contributed by atoms with van der Waals surface area (Å²) in [5.41, 5.74) is 0.470. The average Bonchev–Trinajstić information content (AvgIpc) is 2.37. The molecule has 0 spiro atoms. The molecule has 3 nitrogen and oxygen atoms in total. The third-order valence-corrected chi connectivity index (χ3v) is 4.13. The number of benzene rings is 1. The zero-order valence-corrected chi connectivity index (χ0v) is 12.0. The molecule has 0 bridgehead atoms. The Bertz CT molecular complexity index is 727. The fourth-order valence-corrected chi connectivity index (χ4v) is 2.86. The van der Waals surface area contributed by atoms with E-state index in [1.54, 1.807) is 30.3 Å². The Morgan fingerprint density at radius 3 is 2.47 bits per heavy atom. The lowest BCUT2D eigenvalue weighted by Gasteiger charge is -1.99. The van der Waals surface area contributed by atoms with Crippen LogP contribution in [0.1, 0.15) is 5.69 Å². The molecule has 0 N–H and O–H groups in total. The lowest BCUT2D eigenvalue weighted by Crippen LogP contribution is -1.96. The lowest BCUT2D eigenvalue weighted by molar-refractivity contribution is 0.605. The summed E-state index contributed by atoms with van der Waals surface area (Å²) < 4.78 is 24.1. The van der Waals surface area contributed by atoms with Gasteiger partial charge in [-0.05, 0) is 36.4 Å². The maximum atomic E-state index is 12.0. The highest BCUT2D eigenvalue weighted by molar-refractivity contribution is 7.94. The molecule has 1 aromatic carbocycles. The molecule has 0 fully saturated rings. The molecule has 2 rings (SSSR count). The van der Waals surface area contributed by atoms with Crippen LogP contribution < -0.4 is 0 Å². The minimum absolute atomic E-state index is 0.137. The Hall–Kier alpha value is -1.36. The fraction of sp³-hybridized carbons (Fsp3) is 0. The molecule has 1 aromatic heterocycles. The van der Waals surface area contributed by atoms with E-state index in [4.69, 9.17) is 23.2 Å². The van der Waals surface area contributed by atoms with Crippen molar-refractivity contribution in [3.8, 4) is 0 Å². The topological polar surface area (TPSA) is 47.0 Å².